The van der Waals surface area contributed by atoms with Gasteiger partial charge in [-0.2, -0.15) is 4.73 Å². The summed E-state index contributed by atoms with van der Waals surface area (Å²) in [7, 11) is -3.76. The molecule has 0 unspecified atom stereocenters. The average Bonchev–Trinajstić information content (AvgIpc) is 2.97. The van der Waals surface area contributed by atoms with Gasteiger partial charge < -0.3 is 19.8 Å². The van der Waals surface area contributed by atoms with Gasteiger partial charge in [0.25, 0.3) is 15.0 Å². The third-order valence-corrected chi connectivity index (χ3v) is 8.83. The van der Waals surface area contributed by atoms with Crippen LogP contribution in [-0.2, 0) is 26.1 Å². The van der Waals surface area contributed by atoms with Crippen molar-refractivity contribution in [1.82, 2.24) is 0 Å². The zero-order valence-corrected chi connectivity index (χ0v) is 22.6. The first-order valence-corrected chi connectivity index (χ1v) is 14.9. The Hall–Kier alpha value is -3.41. The van der Waals surface area contributed by atoms with Crippen LogP contribution in [0.2, 0.25) is 0 Å². The van der Waals surface area contributed by atoms with Crippen molar-refractivity contribution in [2.24, 2.45) is 0 Å². The molecule has 0 aliphatic carbocycles. The van der Waals surface area contributed by atoms with Gasteiger partial charge in [-0.25, -0.2) is 8.42 Å². The molecule has 2 heterocycles. The number of ether oxygens (including phenoxy) is 2. The molecule has 0 radical (unpaired) electrons. The number of aliphatic hydroxyl groups is 1. The molecule has 3 aromatic carbocycles. The maximum absolute atomic E-state index is 12.9. The fourth-order valence-electron chi connectivity index (χ4n) is 4.29. The van der Waals surface area contributed by atoms with Gasteiger partial charge in [-0.15, -0.1) is 0 Å². The van der Waals surface area contributed by atoms with E-state index in [2.05, 4.69) is 4.72 Å². The normalized spacial score (nSPS) is 19.5. The number of hydrogen-bond donors (Lipinski definition) is 2. The van der Waals surface area contributed by atoms with Gasteiger partial charge in [0.05, 0.1) is 23.7 Å². The number of benzene rings is 3. The fourth-order valence-corrected chi connectivity index (χ4v) is 6.29. The zero-order chi connectivity index (χ0) is 27.2. The van der Waals surface area contributed by atoms with Gasteiger partial charge >= 0.3 is 0 Å². The van der Waals surface area contributed by atoms with Crippen molar-refractivity contribution in [3.05, 3.63) is 125 Å². The number of sulfonamides is 1. The van der Waals surface area contributed by atoms with Crippen LogP contribution in [-0.4, -0.2) is 25.4 Å². The van der Waals surface area contributed by atoms with Crippen molar-refractivity contribution in [3.63, 3.8) is 0 Å². The van der Waals surface area contributed by atoms with E-state index in [9.17, 15) is 18.7 Å². The third-order valence-electron chi connectivity index (χ3n) is 6.29. The van der Waals surface area contributed by atoms with E-state index < -0.39 is 16.3 Å². The molecule has 202 valence electrons. The Kier molecular flexibility index (Phi) is 8.49. The molecule has 8 nitrogen and oxygen atoms in total. The van der Waals surface area contributed by atoms with Crippen LogP contribution in [0.5, 0.6) is 0 Å². The lowest BCUT2D eigenvalue weighted by Gasteiger charge is -2.36. The van der Waals surface area contributed by atoms with Crippen LogP contribution in [0.25, 0.3) is 0 Å². The number of nitrogens with zero attached hydrogens (tertiary/aromatic N) is 1. The van der Waals surface area contributed by atoms with Crippen LogP contribution in [0.3, 0.4) is 0 Å². The highest BCUT2D eigenvalue weighted by molar-refractivity contribution is 7.99. The van der Waals surface area contributed by atoms with Gasteiger partial charge in [0.1, 0.15) is 0 Å². The predicted octanol–water partition coefficient (Wildman–Crippen LogP) is 4.95. The highest BCUT2D eigenvalue weighted by Gasteiger charge is 2.33. The minimum absolute atomic E-state index is 0.0469. The van der Waals surface area contributed by atoms with Gasteiger partial charge in [0.15, 0.2) is 12.5 Å². The van der Waals surface area contributed by atoms with E-state index in [1.807, 2.05) is 36.4 Å². The Morgan fingerprint density at radius 3 is 2.44 bits per heavy atom. The number of thioether (sulfide) groups is 1. The Morgan fingerprint density at radius 1 is 0.923 bits per heavy atom. The van der Waals surface area contributed by atoms with Crippen LogP contribution in [0.15, 0.2) is 113 Å². The molecule has 1 saturated heterocycles. The second-order valence-corrected chi connectivity index (χ2v) is 11.8. The number of nitrogens with one attached hydrogen (secondary N) is 1. The van der Waals surface area contributed by atoms with E-state index in [0.717, 1.165) is 15.9 Å². The van der Waals surface area contributed by atoms with E-state index in [1.54, 1.807) is 48.5 Å². The largest absolute Gasteiger partial charge is 0.618 e. The molecule has 5 rings (SSSR count). The molecule has 4 aromatic rings. The summed E-state index contributed by atoms with van der Waals surface area (Å²) in [6, 6.07) is 28.0. The smallest absolute Gasteiger partial charge is 0.261 e. The van der Waals surface area contributed by atoms with Gasteiger partial charge in [-0.1, -0.05) is 66.4 Å². The summed E-state index contributed by atoms with van der Waals surface area (Å²) in [4.78, 5) is 0.167. The standard InChI is InChI=1S/C29H28N2O6S2/c32-19-21-12-14-22(15-13-21)27-18-25(20-38-28-11-4-5-16-31(28)33)36-29(37-27)23-7-6-8-24(17-23)30-39(34,35)26-9-2-1-3-10-26/h1-17,25,27,29-30,32H,18-20H2/t25-,27+,29+/m1/s1. The first-order chi connectivity index (χ1) is 18.9. The molecular weight excluding hydrogens is 536 g/mol. The molecular formula is C29H28N2O6S2. The minimum atomic E-state index is -3.76. The van der Waals surface area contributed by atoms with Gasteiger partial charge in [0, 0.05) is 35.6 Å². The second kappa shape index (κ2) is 12.2. The number of anilines is 1. The maximum Gasteiger partial charge on any atom is 0.261 e. The van der Waals surface area contributed by atoms with Crippen LogP contribution in [0.1, 0.15) is 35.5 Å². The predicted molar refractivity (Wildman–Crippen MR) is 148 cm³/mol. The fraction of sp³-hybridized carbons (Fsp3) is 0.207. The molecule has 1 fully saturated rings. The zero-order valence-electron chi connectivity index (χ0n) is 20.9. The highest BCUT2D eigenvalue weighted by atomic mass is 32.2. The van der Waals surface area contributed by atoms with Crippen molar-refractivity contribution >= 4 is 27.5 Å². The number of pyridine rings is 1. The van der Waals surface area contributed by atoms with Crippen LogP contribution in [0.4, 0.5) is 5.69 Å². The Morgan fingerprint density at radius 2 is 1.69 bits per heavy atom. The molecule has 10 heteroatoms. The van der Waals surface area contributed by atoms with Crippen molar-refractivity contribution < 1.29 is 27.7 Å². The highest BCUT2D eigenvalue weighted by Crippen LogP contribution is 2.39. The van der Waals surface area contributed by atoms with Gasteiger partial charge in [-0.05, 0) is 41.5 Å². The van der Waals surface area contributed by atoms with E-state index >= 15 is 0 Å². The second-order valence-electron chi connectivity index (χ2n) is 9.07. The molecule has 1 aliphatic heterocycles. The topological polar surface area (TPSA) is 112 Å². The first-order valence-electron chi connectivity index (χ1n) is 12.4. The molecule has 2 N–H and O–H groups in total. The number of aliphatic hydroxyl groups excluding tert-OH is 1. The minimum Gasteiger partial charge on any atom is -0.618 e. The monoisotopic (exact) mass is 564 g/mol. The summed E-state index contributed by atoms with van der Waals surface area (Å²) >= 11 is 1.41. The van der Waals surface area contributed by atoms with Crippen molar-refractivity contribution in [3.8, 4) is 0 Å². The Bertz CT molecular complexity index is 1500. The van der Waals surface area contributed by atoms with Crippen LogP contribution in [0, 0.1) is 5.21 Å². The Balaban J connectivity index is 1.38. The average molecular weight is 565 g/mol. The molecule has 0 bridgehead atoms. The Labute approximate surface area is 231 Å². The quantitative estimate of drug-likeness (QED) is 0.168. The summed E-state index contributed by atoms with van der Waals surface area (Å²) in [5.74, 6) is 0.525. The van der Waals surface area contributed by atoms with Gasteiger partial charge in [-0.3, -0.25) is 4.72 Å². The van der Waals surface area contributed by atoms with Gasteiger partial charge in [0.2, 0.25) is 0 Å². The number of hydrogen-bond acceptors (Lipinski definition) is 7. The van der Waals surface area contributed by atoms with Crippen molar-refractivity contribution in [2.45, 2.75) is 41.4 Å². The summed E-state index contributed by atoms with van der Waals surface area (Å²) in [5.41, 5.74) is 2.79. The molecule has 3 atom stereocenters. The first kappa shape index (κ1) is 27.2. The van der Waals surface area contributed by atoms with Crippen LogP contribution < -0.4 is 9.45 Å². The lowest BCUT2D eigenvalue weighted by Crippen LogP contribution is -2.32. The lowest BCUT2D eigenvalue weighted by molar-refractivity contribution is -0.645. The van der Waals surface area contributed by atoms with Crippen LogP contribution >= 0.6 is 11.8 Å². The maximum atomic E-state index is 12.9. The SMILES string of the molecule is O=S(=O)(Nc1cccc([C@H]2O[C@@H](CSc3cccc[n+]3[O-])C[C@@H](c3ccc(CO)cc3)O2)c1)c1ccccc1. The molecule has 1 aliphatic rings. The lowest BCUT2D eigenvalue weighted by atomic mass is 10.0. The summed E-state index contributed by atoms with van der Waals surface area (Å²) in [6.07, 6.45) is 0.712. The summed E-state index contributed by atoms with van der Waals surface area (Å²) in [6.45, 7) is -0.0469. The summed E-state index contributed by atoms with van der Waals surface area (Å²) in [5, 5.41) is 22.1. The summed E-state index contributed by atoms with van der Waals surface area (Å²) < 4.78 is 41.9. The van der Waals surface area contributed by atoms with E-state index in [-0.39, 0.29) is 23.7 Å². The number of rotatable bonds is 9. The number of aromatic nitrogens is 1. The van der Waals surface area contributed by atoms with Crippen molar-refractivity contribution in [1.29, 1.82) is 0 Å². The van der Waals surface area contributed by atoms with E-state index in [4.69, 9.17) is 9.47 Å². The third kappa shape index (κ3) is 6.78. The molecule has 0 saturated carbocycles. The van der Waals surface area contributed by atoms with E-state index in [0.29, 0.717) is 28.5 Å². The molecule has 1 aromatic heterocycles. The van der Waals surface area contributed by atoms with E-state index in [1.165, 1.54) is 30.1 Å². The molecule has 0 amide bonds. The molecule has 39 heavy (non-hydrogen) atoms. The van der Waals surface area contributed by atoms with Crippen molar-refractivity contribution in [2.75, 3.05) is 10.5 Å². The molecule has 0 spiro atoms.